The molecule has 1 aliphatic carbocycles. The molecular weight excluding hydrogens is 434 g/mol. The van der Waals surface area contributed by atoms with Gasteiger partial charge in [0.15, 0.2) is 12.4 Å². The highest BCUT2D eigenvalue weighted by Crippen LogP contribution is 2.34. The Morgan fingerprint density at radius 2 is 2.00 bits per heavy atom. The standard InChI is InChI=1S/C24H22ClNO4S/c1-15-7-9-18-19(14-31-22(18)11-15)24(28)29-13-23(27)26-20-12-16(25)8-10-21(20)30-17-5-3-2-4-6-17/h2-6,8,10,12,14-15H,7,9,11,13H2,1H3,(H,26,27)/t15-/m1/s1. The van der Waals surface area contributed by atoms with Crippen LogP contribution in [0, 0.1) is 5.92 Å². The molecule has 1 N–H and O–H groups in total. The number of thiophene rings is 1. The van der Waals surface area contributed by atoms with Crippen LogP contribution in [0.15, 0.2) is 53.9 Å². The van der Waals surface area contributed by atoms with Crippen molar-refractivity contribution in [1.82, 2.24) is 0 Å². The van der Waals surface area contributed by atoms with Gasteiger partial charge < -0.3 is 14.8 Å². The molecule has 0 aliphatic heterocycles. The Morgan fingerprint density at radius 1 is 1.19 bits per heavy atom. The van der Waals surface area contributed by atoms with E-state index in [1.54, 1.807) is 29.5 Å². The first kappa shape index (κ1) is 21.4. The quantitative estimate of drug-likeness (QED) is 0.455. The first-order chi connectivity index (χ1) is 15.0. The maximum atomic E-state index is 12.5. The van der Waals surface area contributed by atoms with Crippen LogP contribution in [0.1, 0.15) is 34.1 Å². The average molecular weight is 456 g/mol. The summed E-state index contributed by atoms with van der Waals surface area (Å²) in [6.45, 7) is 1.83. The Morgan fingerprint density at radius 3 is 2.81 bits per heavy atom. The summed E-state index contributed by atoms with van der Waals surface area (Å²) >= 11 is 7.68. The van der Waals surface area contributed by atoms with E-state index >= 15 is 0 Å². The summed E-state index contributed by atoms with van der Waals surface area (Å²) in [6, 6.07) is 14.2. The van der Waals surface area contributed by atoms with Crippen LogP contribution in [-0.2, 0) is 22.4 Å². The molecule has 0 fully saturated rings. The highest BCUT2D eigenvalue weighted by molar-refractivity contribution is 7.10. The molecule has 1 amide bonds. The van der Waals surface area contributed by atoms with Crippen LogP contribution in [0.3, 0.4) is 0 Å². The maximum absolute atomic E-state index is 12.5. The molecule has 3 aromatic rings. The Kier molecular flexibility index (Phi) is 6.59. The number of carbonyl (C=O) groups is 2. The number of carbonyl (C=O) groups excluding carboxylic acids is 2. The third-order valence-corrected chi connectivity index (χ3v) is 6.43. The zero-order chi connectivity index (χ0) is 21.8. The van der Waals surface area contributed by atoms with Crippen LogP contribution in [0.25, 0.3) is 0 Å². The van der Waals surface area contributed by atoms with Gasteiger partial charge in [-0.2, -0.15) is 0 Å². The zero-order valence-electron chi connectivity index (χ0n) is 17.0. The van der Waals surface area contributed by atoms with E-state index in [1.165, 1.54) is 4.88 Å². The molecule has 31 heavy (non-hydrogen) atoms. The highest BCUT2D eigenvalue weighted by atomic mass is 35.5. The molecule has 0 spiro atoms. The molecule has 1 atom stereocenters. The van der Waals surface area contributed by atoms with E-state index in [1.807, 2.05) is 35.7 Å². The van der Waals surface area contributed by atoms with Gasteiger partial charge in [-0.1, -0.05) is 36.7 Å². The van der Waals surface area contributed by atoms with Crippen molar-refractivity contribution in [3.05, 3.63) is 74.9 Å². The Labute approximate surface area is 190 Å². The van der Waals surface area contributed by atoms with E-state index in [0.29, 0.717) is 33.7 Å². The van der Waals surface area contributed by atoms with Gasteiger partial charge in [0.05, 0.1) is 11.3 Å². The van der Waals surface area contributed by atoms with Crippen molar-refractivity contribution in [3.8, 4) is 11.5 Å². The minimum absolute atomic E-state index is 0.392. The molecular formula is C24H22ClNO4S. The van der Waals surface area contributed by atoms with E-state index in [-0.39, 0.29) is 0 Å². The number of benzene rings is 2. The predicted octanol–water partition coefficient (Wildman–Crippen LogP) is 6.11. The van der Waals surface area contributed by atoms with E-state index < -0.39 is 18.5 Å². The molecule has 7 heteroatoms. The number of esters is 1. The molecule has 1 aliphatic rings. The number of para-hydroxylation sites is 1. The predicted molar refractivity (Wildman–Crippen MR) is 122 cm³/mol. The molecule has 1 aromatic heterocycles. The van der Waals surface area contributed by atoms with Gasteiger partial charge in [-0.15, -0.1) is 11.3 Å². The third kappa shape index (κ3) is 5.27. The summed E-state index contributed by atoms with van der Waals surface area (Å²) in [7, 11) is 0. The van der Waals surface area contributed by atoms with Crippen molar-refractivity contribution in [2.75, 3.05) is 11.9 Å². The molecule has 0 unspecified atom stereocenters. The van der Waals surface area contributed by atoms with Crippen molar-refractivity contribution < 1.29 is 19.1 Å². The van der Waals surface area contributed by atoms with Crippen LogP contribution >= 0.6 is 22.9 Å². The van der Waals surface area contributed by atoms with Gasteiger partial charge in [0.25, 0.3) is 5.91 Å². The summed E-state index contributed by atoms with van der Waals surface area (Å²) in [5.41, 5.74) is 2.05. The van der Waals surface area contributed by atoms with E-state index in [2.05, 4.69) is 12.2 Å². The molecule has 0 saturated heterocycles. The van der Waals surface area contributed by atoms with Gasteiger partial charge in [-0.25, -0.2) is 4.79 Å². The second kappa shape index (κ2) is 9.54. The molecule has 2 aromatic carbocycles. The number of fused-ring (bicyclic) bond motifs is 1. The second-order valence-corrected chi connectivity index (χ2v) is 8.98. The molecule has 1 heterocycles. The van der Waals surface area contributed by atoms with E-state index in [4.69, 9.17) is 21.1 Å². The fourth-order valence-corrected chi connectivity index (χ4v) is 4.95. The summed E-state index contributed by atoms with van der Waals surface area (Å²) < 4.78 is 11.1. The normalized spacial score (nSPS) is 15.1. The van der Waals surface area contributed by atoms with E-state index in [9.17, 15) is 9.59 Å². The lowest BCUT2D eigenvalue weighted by Crippen LogP contribution is -2.22. The van der Waals surface area contributed by atoms with Crippen LogP contribution in [0.2, 0.25) is 5.02 Å². The van der Waals surface area contributed by atoms with Gasteiger partial charge in [0.2, 0.25) is 0 Å². The first-order valence-electron chi connectivity index (χ1n) is 10.1. The Hall–Kier alpha value is -2.83. The van der Waals surface area contributed by atoms with Crippen molar-refractivity contribution in [3.63, 3.8) is 0 Å². The van der Waals surface area contributed by atoms with Crippen molar-refractivity contribution in [2.45, 2.75) is 26.2 Å². The largest absolute Gasteiger partial charge is 0.455 e. The minimum atomic E-state index is -0.466. The molecule has 0 radical (unpaired) electrons. The van der Waals surface area contributed by atoms with Crippen molar-refractivity contribution in [2.24, 2.45) is 5.92 Å². The second-order valence-electron chi connectivity index (χ2n) is 7.58. The van der Waals surface area contributed by atoms with Gasteiger partial charge >= 0.3 is 5.97 Å². The summed E-state index contributed by atoms with van der Waals surface area (Å²) in [6.07, 6.45) is 2.93. The Bertz CT molecular complexity index is 1100. The van der Waals surface area contributed by atoms with Crippen LogP contribution in [0.5, 0.6) is 11.5 Å². The third-order valence-electron chi connectivity index (χ3n) is 5.14. The lowest BCUT2D eigenvalue weighted by atomic mass is 9.88. The number of hydrogen-bond acceptors (Lipinski definition) is 5. The topological polar surface area (TPSA) is 64.6 Å². The Balaban J connectivity index is 1.39. The van der Waals surface area contributed by atoms with Gasteiger partial charge in [0, 0.05) is 15.3 Å². The lowest BCUT2D eigenvalue weighted by Gasteiger charge is -2.18. The SMILES string of the molecule is C[C@@H]1CCc2c(C(=O)OCC(=O)Nc3cc(Cl)ccc3Oc3ccccc3)csc2C1. The highest BCUT2D eigenvalue weighted by Gasteiger charge is 2.24. The maximum Gasteiger partial charge on any atom is 0.339 e. The monoisotopic (exact) mass is 455 g/mol. The van der Waals surface area contributed by atoms with Crippen LogP contribution in [0.4, 0.5) is 5.69 Å². The van der Waals surface area contributed by atoms with Crippen LogP contribution < -0.4 is 10.1 Å². The van der Waals surface area contributed by atoms with Gasteiger partial charge in [-0.05, 0) is 61.1 Å². The first-order valence-corrected chi connectivity index (χ1v) is 11.3. The number of rotatable bonds is 6. The zero-order valence-corrected chi connectivity index (χ0v) is 18.6. The number of anilines is 1. The fraction of sp³-hybridized carbons (Fsp3) is 0.250. The van der Waals surface area contributed by atoms with E-state index in [0.717, 1.165) is 24.8 Å². The molecule has 0 saturated carbocycles. The lowest BCUT2D eigenvalue weighted by molar-refractivity contribution is -0.119. The van der Waals surface area contributed by atoms with Crippen molar-refractivity contribution in [1.29, 1.82) is 0 Å². The van der Waals surface area contributed by atoms with Crippen LogP contribution in [-0.4, -0.2) is 18.5 Å². The van der Waals surface area contributed by atoms with Gasteiger partial charge in [0.1, 0.15) is 5.75 Å². The number of halogens is 1. The molecule has 160 valence electrons. The summed E-state index contributed by atoms with van der Waals surface area (Å²) in [5, 5.41) is 5.01. The minimum Gasteiger partial charge on any atom is -0.455 e. The molecule has 4 rings (SSSR count). The number of nitrogens with one attached hydrogen (secondary N) is 1. The number of ether oxygens (including phenoxy) is 2. The van der Waals surface area contributed by atoms with Gasteiger partial charge in [-0.3, -0.25) is 4.79 Å². The molecule has 0 bridgehead atoms. The number of hydrogen-bond donors (Lipinski definition) is 1. The smallest absolute Gasteiger partial charge is 0.339 e. The summed E-state index contributed by atoms with van der Waals surface area (Å²) in [5.74, 6) is 0.769. The summed E-state index contributed by atoms with van der Waals surface area (Å²) in [4.78, 5) is 26.2. The average Bonchev–Trinajstić information content (AvgIpc) is 3.18. The molecule has 5 nitrogen and oxygen atoms in total. The van der Waals surface area contributed by atoms with Crippen molar-refractivity contribution >= 4 is 40.5 Å². The fourth-order valence-electron chi connectivity index (χ4n) is 3.55. The number of amides is 1.